The lowest BCUT2D eigenvalue weighted by atomic mass is 10.0. The average molecular weight is 719 g/mol. The number of alkyl halides is 3. The first kappa shape index (κ1) is 38.3. The number of amides is 4. The summed E-state index contributed by atoms with van der Waals surface area (Å²) in [7, 11) is 0. The number of piperazine rings is 1. The van der Waals surface area contributed by atoms with E-state index in [9.17, 15) is 45.5 Å². The van der Waals surface area contributed by atoms with Crippen LogP contribution >= 0.6 is 0 Å². The van der Waals surface area contributed by atoms with Gasteiger partial charge >= 0.3 is 18.4 Å². The highest BCUT2D eigenvalue weighted by Crippen LogP contribution is 2.33. The zero-order chi connectivity index (χ0) is 37.3. The van der Waals surface area contributed by atoms with E-state index < -0.39 is 95.8 Å². The second kappa shape index (κ2) is 14.4. The predicted octanol–water partition coefficient (Wildman–Crippen LogP) is 4.88. The van der Waals surface area contributed by atoms with Crippen LogP contribution in [0.5, 0.6) is 0 Å². The van der Waals surface area contributed by atoms with Gasteiger partial charge in [0.05, 0.1) is 12.2 Å². The molecule has 18 heteroatoms. The number of nitrogens with one attached hydrogen (secondary N) is 1. The molecule has 4 amide bonds. The minimum atomic E-state index is -4.92. The zero-order valence-electron chi connectivity index (χ0n) is 28.5. The molecule has 1 saturated heterocycles. The van der Waals surface area contributed by atoms with Gasteiger partial charge in [0, 0.05) is 57.8 Å². The van der Waals surface area contributed by atoms with Crippen LogP contribution in [-0.4, -0.2) is 98.2 Å². The number of halogens is 6. The van der Waals surface area contributed by atoms with Crippen LogP contribution in [0.25, 0.3) is 0 Å². The maximum Gasteiger partial charge on any atom is 0.449 e. The second-order valence-corrected chi connectivity index (χ2v) is 14.1. The first-order valence-corrected chi connectivity index (χ1v) is 15.9. The maximum atomic E-state index is 14.5. The molecule has 0 bridgehead atoms. The molecule has 2 aromatic rings. The molecule has 3 heterocycles. The molecule has 2 aliphatic heterocycles. The number of carbonyl (C=O) groups excluding carboxylic acids is 4. The number of fused-ring (bicyclic) bond motifs is 1. The van der Waals surface area contributed by atoms with Crippen molar-refractivity contribution in [2.24, 2.45) is 0 Å². The fourth-order valence-corrected chi connectivity index (χ4v) is 5.51. The normalized spacial score (nSPS) is 16.1. The molecule has 0 spiro atoms. The smallest absolute Gasteiger partial charge is 0.444 e. The summed E-state index contributed by atoms with van der Waals surface area (Å²) < 4.78 is 95.6. The Bertz CT molecular complexity index is 1620. The quantitative estimate of drug-likeness (QED) is 0.334. The van der Waals surface area contributed by atoms with E-state index >= 15 is 0 Å². The Morgan fingerprint density at radius 3 is 1.94 bits per heavy atom. The predicted molar refractivity (Wildman–Crippen MR) is 164 cm³/mol. The summed E-state index contributed by atoms with van der Waals surface area (Å²) in [6, 6.07) is -0.282. The molecule has 0 unspecified atom stereocenters. The van der Waals surface area contributed by atoms with E-state index in [-0.39, 0.29) is 50.5 Å². The van der Waals surface area contributed by atoms with Gasteiger partial charge in [0.2, 0.25) is 11.7 Å². The maximum absolute atomic E-state index is 14.5. The lowest BCUT2D eigenvalue weighted by Crippen LogP contribution is -2.52. The van der Waals surface area contributed by atoms with Gasteiger partial charge in [-0.15, -0.1) is 0 Å². The molecule has 50 heavy (non-hydrogen) atoms. The van der Waals surface area contributed by atoms with Crippen LogP contribution in [0.4, 0.5) is 35.9 Å². The molecule has 276 valence electrons. The van der Waals surface area contributed by atoms with Crippen LogP contribution in [0.1, 0.15) is 75.5 Å². The molecule has 0 saturated carbocycles. The lowest BCUT2D eigenvalue weighted by Gasteiger charge is -2.35. The lowest BCUT2D eigenvalue weighted by molar-refractivity contribution is -0.148. The summed E-state index contributed by atoms with van der Waals surface area (Å²) in [4.78, 5) is 59.7. The van der Waals surface area contributed by atoms with E-state index in [1.54, 1.807) is 41.5 Å². The number of hydrogen-bond acceptors (Lipinski definition) is 7. The van der Waals surface area contributed by atoms with Gasteiger partial charge in [-0.05, 0) is 59.6 Å². The highest BCUT2D eigenvalue weighted by atomic mass is 19.4. The van der Waals surface area contributed by atoms with Crippen molar-refractivity contribution >= 4 is 24.0 Å². The van der Waals surface area contributed by atoms with Gasteiger partial charge in [-0.3, -0.25) is 9.59 Å². The fourth-order valence-electron chi connectivity index (χ4n) is 5.51. The molecule has 1 aromatic heterocycles. The summed E-state index contributed by atoms with van der Waals surface area (Å²) in [6.45, 7) is 8.89. The van der Waals surface area contributed by atoms with E-state index in [0.29, 0.717) is 12.1 Å². The number of ether oxygens (including phenoxy) is 2. The Morgan fingerprint density at radius 2 is 1.36 bits per heavy atom. The Morgan fingerprint density at radius 1 is 0.800 bits per heavy atom. The monoisotopic (exact) mass is 718 g/mol. The van der Waals surface area contributed by atoms with Gasteiger partial charge < -0.3 is 34.1 Å². The van der Waals surface area contributed by atoms with E-state index in [1.165, 1.54) is 14.7 Å². The van der Waals surface area contributed by atoms with Gasteiger partial charge in [0.15, 0.2) is 17.3 Å². The van der Waals surface area contributed by atoms with E-state index in [1.807, 2.05) is 0 Å². The van der Waals surface area contributed by atoms with Crippen molar-refractivity contribution in [2.75, 3.05) is 32.7 Å². The molecule has 0 radical (unpaired) electrons. The highest BCUT2D eigenvalue weighted by molar-refractivity contribution is 5.94. The molecule has 1 fully saturated rings. The van der Waals surface area contributed by atoms with E-state index in [4.69, 9.17) is 9.47 Å². The van der Waals surface area contributed by atoms with Gasteiger partial charge in [0.1, 0.15) is 17.0 Å². The minimum Gasteiger partial charge on any atom is -0.444 e. The molecular formula is C32H40F6N6O6. The van der Waals surface area contributed by atoms with Crippen molar-refractivity contribution in [3.63, 3.8) is 0 Å². The minimum absolute atomic E-state index is 0.00702. The number of hydrogen-bond donors (Lipinski definition) is 1. The third-order valence-electron chi connectivity index (χ3n) is 7.73. The average Bonchev–Trinajstić information content (AvgIpc) is 3.37. The highest BCUT2D eigenvalue weighted by Gasteiger charge is 2.43. The SMILES string of the molecule is CC(C)(C)OC(=O)N[C@@H](CC(=O)N1CCn2c(C(F)(F)F)nc(C(=O)N3CCN(C(=O)OC(C)(C)C)CC3)c2C1)Cc1cc(F)c(F)cc1F. The van der Waals surface area contributed by atoms with Gasteiger partial charge in [-0.2, -0.15) is 13.2 Å². The number of rotatable bonds is 6. The number of aromatic nitrogens is 2. The molecule has 2 aliphatic rings. The molecule has 1 atom stereocenters. The number of alkyl carbamates (subject to hydrolysis) is 1. The van der Waals surface area contributed by atoms with Crippen molar-refractivity contribution in [3.05, 3.63) is 52.4 Å². The fraction of sp³-hybridized carbons (Fsp3) is 0.594. The number of benzene rings is 1. The standard InChI is InChI=1S/C32H40F6N6O6/c1-30(2,3)49-28(47)39-19(13-18-14-21(34)22(35)16-20(18)33)15-24(45)43-11-12-44-23(17-43)25(40-27(44)32(36,37)38)26(46)41-7-9-42(10-8-41)29(48)50-31(4,5)6/h14,16,19H,7-13,15,17H2,1-6H3,(H,39,47)/t19-/m1/s1. The van der Waals surface area contributed by atoms with Crippen LogP contribution in [-0.2, 0) is 40.0 Å². The zero-order valence-corrected chi connectivity index (χ0v) is 28.5. The molecular weight excluding hydrogens is 678 g/mol. The summed E-state index contributed by atoms with van der Waals surface area (Å²) in [5.74, 6) is -6.73. The number of carbonyl (C=O) groups is 4. The van der Waals surface area contributed by atoms with Crippen LogP contribution in [0.3, 0.4) is 0 Å². The first-order chi connectivity index (χ1) is 23.0. The third kappa shape index (κ3) is 9.59. The molecule has 12 nitrogen and oxygen atoms in total. The Hall–Kier alpha value is -4.51. The van der Waals surface area contributed by atoms with Gasteiger partial charge in [-0.1, -0.05) is 0 Å². The van der Waals surface area contributed by atoms with Gasteiger partial charge in [-0.25, -0.2) is 27.7 Å². The van der Waals surface area contributed by atoms with Crippen LogP contribution < -0.4 is 5.32 Å². The third-order valence-corrected chi connectivity index (χ3v) is 7.73. The van der Waals surface area contributed by atoms with Crippen LogP contribution in [0.15, 0.2) is 12.1 Å². The van der Waals surface area contributed by atoms with E-state index in [0.717, 1.165) is 4.57 Å². The van der Waals surface area contributed by atoms with Crippen molar-refractivity contribution in [3.8, 4) is 0 Å². The number of imidazole rings is 1. The Balaban J connectivity index is 1.54. The summed E-state index contributed by atoms with van der Waals surface area (Å²) in [5, 5.41) is 2.44. The first-order valence-electron chi connectivity index (χ1n) is 15.9. The summed E-state index contributed by atoms with van der Waals surface area (Å²) >= 11 is 0. The molecule has 0 aliphatic carbocycles. The van der Waals surface area contributed by atoms with Crippen LogP contribution in [0.2, 0.25) is 0 Å². The van der Waals surface area contributed by atoms with Crippen molar-refractivity contribution < 1.29 is 55.0 Å². The van der Waals surface area contributed by atoms with E-state index in [2.05, 4.69) is 10.3 Å². The largest absolute Gasteiger partial charge is 0.449 e. The van der Waals surface area contributed by atoms with Gasteiger partial charge in [0.25, 0.3) is 5.91 Å². The summed E-state index contributed by atoms with van der Waals surface area (Å²) in [5.41, 5.74) is -2.73. The van der Waals surface area contributed by atoms with Crippen molar-refractivity contribution in [2.45, 2.75) is 90.9 Å². The summed E-state index contributed by atoms with van der Waals surface area (Å²) in [6.07, 6.45) is -7.50. The van der Waals surface area contributed by atoms with Crippen molar-refractivity contribution in [1.29, 1.82) is 0 Å². The van der Waals surface area contributed by atoms with Crippen LogP contribution in [0, 0.1) is 17.5 Å². The topological polar surface area (TPSA) is 126 Å². The van der Waals surface area contributed by atoms with Crippen molar-refractivity contribution in [1.82, 2.24) is 29.6 Å². The second-order valence-electron chi connectivity index (χ2n) is 14.1. The molecule has 1 aromatic carbocycles. The Labute approximate surface area is 284 Å². The molecule has 1 N–H and O–H groups in total. The number of nitrogens with zero attached hydrogens (tertiary/aromatic N) is 5. The molecule has 4 rings (SSSR count). The Kier molecular flexibility index (Phi) is 11.0.